The Bertz CT molecular complexity index is 1890. The highest BCUT2D eigenvalue weighted by Crippen LogP contribution is 2.64. The molecule has 0 bridgehead atoms. The molecular weight excluding hydrogens is 1160 g/mol. The van der Waals surface area contributed by atoms with Gasteiger partial charge in [-0.05, 0) is 198 Å². The van der Waals surface area contributed by atoms with Gasteiger partial charge < -0.3 is 21.9 Å². The number of halogens is 16. The average molecular weight is 1270 g/mol. The van der Waals surface area contributed by atoms with Gasteiger partial charge in [-0.3, -0.25) is 0 Å². The van der Waals surface area contributed by atoms with E-state index in [4.69, 9.17) is 0 Å². The van der Waals surface area contributed by atoms with Crippen molar-refractivity contribution in [3.8, 4) is 0 Å². The highest BCUT2D eigenvalue weighted by atomic mass is 19.3. The average Bonchev–Trinajstić information content (AvgIpc) is 1.70. The van der Waals surface area contributed by atoms with Crippen LogP contribution in [0.25, 0.3) is 0 Å². The Hall–Kier alpha value is -1.28. The first kappa shape index (κ1) is 75.4. The molecule has 4 nitrogen and oxygen atoms in total. The third-order valence-electron chi connectivity index (χ3n) is 25.3. The fourth-order valence-electron chi connectivity index (χ4n) is 20.3. The lowest BCUT2D eigenvalue weighted by Gasteiger charge is -2.39. The Morgan fingerprint density at radius 3 is 0.651 bits per heavy atom. The van der Waals surface area contributed by atoms with Crippen molar-refractivity contribution in [2.75, 3.05) is 0 Å². The molecule has 0 radical (unpaired) electrons. The fourth-order valence-corrected chi connectivity index (χ4v) is 20.3. The summed E-state index contributed by atoms with van der Waals surface area (Å²) in [6, 6.07) is 0. The minimum absolute atomic E-state index is 0. The second-order valence-electron chi connectivity index (χ2n) is 30.6. The van der Waals surface area contributed by atoms with Gasteiger partial charge in [0, 0.05) is 23.7 Å². The van der Waals surface area contributed by atoms with Crippen molar-refractivity contribution in [1.82, 2.24) is 0 Å². The SMILES string of the molecule is CC1CCC(C2CC3CC(C)C(F)C(F)C3C2(F)F)CC1.CC1CCC(C2CC3CC(C)C(F)C(F)C3C2(F)F)CC1.CC1CCC(C2CC3CCC(F)C(F)C3C2(F)F)CC1.CC1CCC(C2CC3CCC(F)C(F)C3C2(F)F)CC1.O.O.O.O. The lowest BCUT2D eigenvalue weighted by Crippen LogP contribution is -2.48. The smallest absolute Gasteiger partial charge is 0.257 e. The minimum Gasteiger partial charge on any atom is -0.412 e. The van der Waals surface area contributed by atoms with Crippen LogP contribution < -0.4 is 0 Å². The number of rotatable bonds is 4. The van der Waals surface area contributed by atoms with E-state index in [1.165, 1.54) is 0 Å². The molecule has 22 atom stereocenters. The van der Waals surface area contributed by atoms with Crippen molar-refractivity contribution in [1.29, 1.82) is 0 Å². The summed E-state index contributed by atoms with van der Waals surface area (Å²) in [7, 11) is 0. The van der Waals surface area contributed by atoms with E-state index in [2.05, 4.69) is 27.7 Å². The number of hydrogen-bond donors (Lipinski definition) is 0. The van der Waals surface area contributed by atoms with E-state index >= 15 is 0 Å². The van der Waals surface area contributed by atoms with Gasteiger partial charge in [0.1, 0.15) is 49.4 Å². The van der Waals surface area contributed by atoms with Gasteiger partial charge in [-0.1, -0.05) is 92.9 Å². The van der Waals surface area contributed by atoms with Gasteiger partial charge in [0.2, 0.25) is 0 Å². The maximum absolute atomic E-state index is 14.8. The highest BCUT2D eigenvalue weighted by molar-refractivity contribution is 5.11. The predicted octanol–water partition coefficient (Wildman–Crippen LogP) is 17.9. The van der Waals surface area contributed by atoms with E-state index in [0.29, 0.717) is 75.0 Å². The largest absolute Gasteiger partial charge is 0.412 e. The van der Waals surface area contributed by atoms with Crippen molar-refractivity contribution in [3.05, 3.63) is 0 Å². The van der Waals surface area contributed by atoms with Crippen LogP contribution in [0.15, 0.2) is 0 Å². The lowest BCUT2D eigenvalue weighted by atomic mass is 9.73. The van der Waals surface area contributed by atoms with Crippen LogP contribution in [0.1, 0.15) is 208 Å². The number of fused-ring (bicyclic) bond motifs is 4. The summed E-state index contributed by atoms with van der Waals surface area (Å²) in [4.78, 5) is 0. The molecule has 12 fully saturated rings. The summed E-state index contributed by atoms with van der Waals surface area (Å²) >= 11 is 0. The summed E-state index contributed by atoms with van der Waals surface area (Å²) in [5, 5.41) is 0. The van der Waals surface area contributed by atoms with Crippen molar-refractivity contribution in [3.63, 3.8) is 0 Å². The van der Waals surface area contributed by atoms with Crippen LogP contribution in [-0.4, -0.2) is 95.0 Å². The van der Waals surface area contributed by atoms with Gasteiger partial charge >= 0.3 is 0 Å². The van der Waals surface area contributed by atoms with Crippen molar-refractivity contribution >= 4 is 0 Å². The third-order valence-corrected chi connectivity index (χ3v) is 25.3. The highest BCUT2D eigenvalue weighted by Gasteiger charge is 2.68. The summed E-state index contributed by atoms with van der Waals surface area (Å²) < 4.78 is 229. The summed E-state index contributed by atoms with van der Waals surface area (Å²) in [6.07, 6.45) is 3.42. The van der Waals surface area contributed by atoms with Gasteiger partial charge in [-0.15, -0.1) is 0 Å². The van der Waals surface area contributed by atoms with E-state index in [1.807, 2.05) is 0 Å². The summed E-state index contributed by atoms with van der Waals surface area (Å²) in [6.45, 7) is 12.0. The molecule has 12 rings (SSSR count). The monoisotopic (exact) mass is 1270 g/mol. The molecule has 86 heavy (non-hydrogen) atoms. The van der Waals surface area contributed by atoms with E-state index in [9.17, 15) is 70.2 Å². The standard InChI is InChI=1S/2C17H26F4.2C16H24F4.4H2O/c2*1-9-3-5-11(6-4-9)13-8-12-7-10(2)15(18)16(19)14(12)17(13,20)21;2*1-9-2-4-10(5-3-9)12-8-11-6-7-13(17)15(18)14(11)16(12,19)20;;;;/h2*9-16H,3-8H2,1-2H3;2*9-15H,2-8H2,1H3;4*1H2. The van der Waals surface area contributed by atoms with Gasteiger partial charge in [0.15, 0.2) is 0 Å². The van der Waals surface area contributed by atoms with Crippen molar-refractivity contribution in [2.45, 2.75) is 282 Å². The molecule has 0 aliphatic heterocycles. The zero-order valence-corrected chi connectivity index (χ0v) is 51.8. The van der Waals surface area contributed by atoms with Gasteiger partial charge in [0.05, 0.1) is 23.7 Å². The molecule has 8 N–H and O–H groups in total. The van der Waals surface area contributed by atoms with E-state index in [1.54, 1.807) is 13.8 Å². The van der Waals surface area contributed by atoms with Crippen LogP contribution in [0.3, 0.4) is 0 Å². The van der Waals surface area contributed by atoms with Crippen LogP contribution in [0.5, 0.6) is 0 Å². The lowest BCUT2D eigenvalue weighted by molar-refractivity contribution is -0.146. The topological polar surface area (TPSA) is 126 Å². The second kappa shape index (κ2) is 29.8. The molecule has 20 heteroatoms. The first-order chi connectivity index (χ1) is 38.5. The normalized spacial score (nSPS) is 50.2. The van der Waals surface area contributed by atoms with E-state index < -0.39 is 132 Å². The molecular formula is C66H108F16O4. The minimum atomic E-state index is -3.03. The molecule has 0 saturated heterocycles. The molecule has 22 unspecified atom stereocenters. The maximum atomic E-state index is 14.8. The first-order valence-corrected chi connectivity index (χ1v) is 33.1. The van der Waals surface area contributed by atoms with E-state index in [0.717, 1.165) is 103 Å². The van der Waals surface area contributed by atoms with E-state index in [-0.39, 0.29) is 82.1 Å². The summed E-state index contributed by atoms with van der Waals surface area (Å²) in [5.74, 6) is -20.1. The Morgan fingerprint density at radius 2 is 0.419 bits per heavy atom. The predicted molar refractivity (Wildman–Crippen MR) is 304 cm³/mol. The van der Waals surface area contributed by atoms with Crippen LogP contribution >= 0.6 is 0 Å². The molecule has 508 valence electrons. The van der Waals surface area contributed by atoms with Crippen molar-refractivity contribution in [2.24, 2.45) is 130 Å². The maximum Gasteiger partial charge on any atom is 0.257 e. The van der Waals surface area contributed by atoms with Gasteiger partial charge in [-0.2, -0.15) is 0 Å². The Labute approximate surface area is 502 Å². The molecule has 0 aromatic carbocycles. The molecule has 12 saturated carbocycles. The van der Waals surface area contributed by atoms with Crippen LogP contribution in [0, 0.1) is 130 Å². The Balaban J connectivity index is 0.000000206. The molecule has 0 heterocycles. The van der Waals surface area contributed by atoms with Crippen LogP contribution in [0.4, 0.5) is 70.2 Å². The van der Waals surface area contributed by atoms with Crippen molar-refractivity contribution < 1.29 is 92.2 Å². The van der Waals surface area contributed by atoms with Crippen LogP contribution in [0.2, 0.25) is 0 Å². The Morgan fingerprint density at radius 1 is 0.221 bits per heavy atom. The second-order valence-corrected chi connectivity index (χ2v) is 30.6. The van der Waals surface area contributed by atoms with Gasteiger partial charge in [-0.25, -0.2) is 70.2 Å². The molecule has 12 aliphatic rings. The molecule has 0 amide bonds. The third kappa shape index (κ3) is 14.9. The first-order valence-electron chi connectivity index (χ1n) is 33.1. The zero-order chi connectivity index (χ0) is 59.7. The fraction of sp³-hybridized carbons (Fsp3) is 1.00. The zero-order valence-electron chi connectivity index (χ0n) is 51.8. The quantitative estimate of drug-likeness (QED) is 0.249. The number of alkyl halides is 16. The van der Waals surface area contributed by atoms with Crippen LogP contribution in [-0.2, 0) is 0 Å². The number of hydrogen-bond acceptors (Lipinski definition) is 0. The molecule has 0 spiro atoms. The summed E-state index contributed by atoms with van der Waals surface area (Å²) in [5.41, 5.74) is 0. The molecule has 0 aromatic rings. The molecule has 0 aromatic heterocycles. The molecule has 12 aliphatic carbocycles. The Kier molecular flexibility index (Phi) is 26.1. The van der Waals surface area contributed by atoms with Gasteiger partial charge in [0.25, 0.3) is 23.7 Å².